The van der Waals surface area contributed by atoms with E-state index in [-0.39, 0.29) is 12.7 Å². The maximum Gasteiger partial charge on any atom is 0.0545 e. The van der Waals surface area contributed by atoms with Crippen LogP contribution in [0.2, 0.25) is 0 Å². The molecular weight excluding hydrogens is 152 g/mol. The molecule has 0 aliphatic carbocycles. The Hall–Kier alpha value is -0.0800. The first-order valence-corrected chi connectivity index (χ1v) is 4.85. The maximum absolute atomic E-state index is 9.54. The lowest BCUT2D eigenvalue weighted by Crippen LogP contribution is -2.14. The first-order chi connectivity index (χ1) is 5.56. The van der Waals surface area contributed by atoms with Gasteiger partial charge in [0.15, 0.2) is 0 Å². The Balaban J connectivity index is 3.46. The molecule has 0 heterocycles. The highest BCUT2D eigenvalue weighted by atomic mass is 16.3. The van der Waals surface area contributed by atoms with Crippen LogP contribution in [0.1, 0.15) is 40.0 Å². The Kier molecular flexibility index (Phi) is 6.39. The first kappa shape index (κ1) is 11.9. The van der Waals surface area contributed by atoms with Crippen LogP contribution in [0.4, 0.5) is 0 Å². The highest BCUT2D eigenvalue weighted by Crippen LogP contribution is 2.15. The summed E-state index contributed by atoms with van der Waals surface area (Å²) < 4.78 is 0. The lowest BCUT2D eigenvalue weighted by atomic mass is 9.95. The summed E-state index contributed by atoms with van der Waals surface area (Å²) in [6.07, 6.45) is 2.30. The van der Waals surface area contributed by atoms with Gasteiger partial charge in [-0.2, -0.15) is 0 Å². The summed E-state index contributed by atoms with van der Waals surface area (Å²) in [6.45, 7) is 6.52. The van der Waals surface area contributed by atoms with E-state index in [2.05, 4.69) is 20.8 Å². The zero-order valence-electron chi connectivity index (χ0n) is 8.45. The van der Waals surface area contributed by atoms with Crippen molar-refractivity contribution in [2.45, 2.75) is 46.1 Å². The molecule has 0 amide bonds. The minimum Gasteiger partial charge on any atom is -0.396 e. The van der Waals surface area contributed by atoms with Crippen LogP contribution in [0, 0.1) is 11.8 Å². The van der Waals surface area contributed by atoms with Crippen LogP contribution in [-0.2, 0) is 0 Å². The average molecular weight is 174 g/mol. The van der Waals surface area contributed by atoms with E-state index < -0.39 is 0 Å². The van der Waals surface area contributed by atoms with Crippen molar-refractivity contribution in [2.75, 3.05) is 6.61 Å². The van der Waals surface area contributed by atoms with Crippen LogP contribution in [-0.4, -0.2) is 22.9 Å². The summed E-state index contributed by atoms with van der Waals surface area (Å²) in [5.41, 5.74) is 0. The molecule has 0 aromatic rings. The molecule has 2 N–H and O–H groups in total. The molecule has 2 unspecified atom stereocenters. The second kappa shape index (κ2) is 6.44. The van der Waals surface area contributed by atoms with E-state index in [4.69, 9.17) is 5.11 Å². The number of rotatable bonds is 6. The van der Waals surface area contributed by atoms with E-state index in [1.165, 1.54) is 0 Å². The predicted octanol–water partition coefficient (Wildman–Crippen LogP) is 1.80. The van der Waals surface area contributed by atoms with Crippen LogP contribution in [0.15, 0.2) is 0 Å². The van der Waals surface area contributed by atoms with Gasteiger partial charge in [0.05, 0.1) is 6.10 Å². The van der Waals surface area contributed by atoms with E-state index in [1.54, 1.807) is 0 Å². The highest BCUT2D eigenvalue weighted by molar-refractivity contribution is 4.63. The molecule has 2 heteroatoms. The molecule has 0 bridgehead atoms. The molecule has 74 valence electrons. The number of aliphatic hydroxyl groups is 2. The van der Waals surface area contributed by atoms with Gasteiger partial charge < -0.3 is 10.2 Å². The molecule has 0 saturated carbocycles. The molecule has 0 fully saturated rings. The zero-order valence-corrected chi connectivity index (χ0v) is 8.45. The van der Waals surface area contributed by atoms with Gasteiger partial charge in [0.1, 0.15) is 0 Å². The summed E-state index contributed by atoms with van der Waals surface area (Å²) in [5, 5.41) is 18.2. The summed E-state index contributed by atoms with van der Waals surface area (Å²) in [4.78, 5) is 0. The molecule has 0 aromatic carbocycles. The van der Waals surface area contributed by atoms with Gasteiger partial charge >= 0.3 is 0 Å². The number of aliphatic hydroxyl groups excluding tert-OH is 2. The second-order valence-electron chi connectivity index (χ2n) is 4.14. The third-order valence-electron chi connectivity index (χ3n) is 2.04. The SMILES string of the molecule is CC(C)CC(O)CC(C)CCO. The molecule has 0 saturated heterocycles. The van der Waals surface area contributed by atoms with E-state index in [0.717, 1.165) is 19.3 Å². The minimum absolute atomic E-state index is 0.188. The molecule has 2 atom stereocenters. The Bertz CT molecular complexity index is 102. The zero-order chi connectivity index (χ0) is 9.56. The van der Waals surface area contributed by atoms with Crippen molar-refractivity contribution in [3.05, 3.63) is 0 Å². The molecule has 0 rings (SSSR count). The Morgan fingerprint density at radius 2 is 1.67 bits per heavy atom. The van der Waals surface area contributed by atoms with Crippen LogP contribution in [0.5, 0.6) is 0 Å². The fourth-order valence-corrected chi connectivity index (χ4v) is 1.44. The monoisotopic (exact) mass is 174 g/mol. The molecule has 0 aliphatic rings. The normalized spacial score (nSPS) is 16.5. The van der Waals surface area contributed by atoms with Gasteiger partial charge in [0, 0.05) is 6.61 Å². The number of hydrogen-bond acceptors (Lipinski definition) is 2. The predicted molar refractivity (Wildman–Crippen MR) is 50.9 cm³/mol. The van der Waals surface area contributed by atoms with Crippen LogP contribution in [0.25, 0.3) is 0 Å². The fraction of sp³-hybridized carbons (Fsp3) is 1.00. The van der Waals surface area contributed by atoms with Gasteiger partial charge in [-0.25, -0.2) is 0 Å². The maximum atomic E-state index is 9.54. The van der Waals surface area contributed by atoms with Crippen LogP contribution < -0.4 is 0 Å². The summed E-state index contributed by atoms with van der Waals surface area (Å²) in [7, 11) is 0. The lowest BCUT2D eigenvalue weighted by molar-refractivity contribution is 0.115. The Labute approximate surface area is 75.6 Å². The molecule has 0 spiro atoms. The fourth-order valence-electron chi connectivity index (χ4n) is 1.44. The van der Waals surface area contributed by atoms with E-state index in [0.29, 0.717) is 11.8 Å². The highest BCUT2D eigenvalue weighted by Gasteiger charge is 2.11. The van der Waals surface area contributed by atoms with Gasteiger partial charge in [-0.1, -0.05) is 20.8 Å². The van der Waals surface area contributed by atoms with Gasteiger partial charge in [-0.3, -0.25) is 0 Å². The molecule has 0 radical (unpaired) electrons. The Morgan fingerprint density at radius 3 is 2.08 bits per heavy atom. The van der Waals surface area contributed by atoms with E-state index >= 15 is 0 Å². The third-order valence-corrected chi connectivity index (χ3v) is 2.04. The van der Waals surface area contributed by atoms with Crippen molar-refractivity contribution in [2.24, 2.45) is 11.8 Å². The smallest absolute Gasteiger partial charge is 0.0545 e. The first-order valence-electron chi connectivity index (χ1n) is 4.85. The van der Waals surface area contributed by atoms with Crippen molar-refractivity contribution >= 4 is 0 Å². The molecule has 2 nitrogen and oxygen atoms in total. The van der Waals surface area contributed by atoms with Gasteiger partial charge in [-0.15, -0.1) is 0 Å². The van der Waals surface area contributed by atoms with E-state index in [1.807, 2.05) is 0 Å². The van der Waals surface area contributed by atoms with E-state index in [9.17, 15) is 5.11 Å². The van der Waals surface area contributed by atoms with Crippen molar-refractivity contribution < 1.29 is 10.2 Å². The summed E-state index contributed by atoms with van der Waals surface area (Å²) in [5.74, 6) is 0.991. The molecule has 0 aromatic heterocycles. The van der Waals surface area contributed by atoms with Crippen LogP contribution >= 0.6 is 0 Å². The van der Waals surface area contributed by atoms with Gasteiger partial charge in [-0.05, 0) is 31.1 Å². The quantitative estimate of drug-likeness (QED) is 0.644. The molecule has 0 aliphatic heterocycles. The number of hydrogen-bond donors (Lipinski definition) is 2. The van der Waals surface area contributed by atoms with Crippen molar-refractivity contribution in [1.82, 2.24) is 0 Å². The largest absolute Gasteiger partial charge is 0.396 e. The van der Waals surface area contributed by atoms with Crippen molar-refractivity contribution in [3.63, 3.8) is 0 Å². The van der Waals surface area contributed by atoms with Crippen molar-refractivity contribution in [3.8, 4) is 0 Å². The third kappa shape index (κ3) is 6.62. The minimum atomic E-state index is -0.188. The van der Waals surface area contributed by atoms with Gasteiger partial charge in [0.25, 0.3) is 0 Å². The van der Waals surface area contributed by atoms with Gasteiger partial charge in [0.2, 0.25) is 0 Å². The average Bonchev–Trinajstić information content (AvgIpc) is 1.84. The van der Waals surface area contributed by atoms with Crippen LogP contribution in [0.3, 0.4) is 0 Å². The second-order valence-corrected chi connectivity index (χ2v) is 4.14. The summed E-state index contributed by atoms with van der Waals surface area (Å²) in [6, 6.07) is 0. The lowest BCUT2D eigenvalue weighted by Gasteiger charge is -2.16. The molecule has 12 heavy (non-hydrogen) atoms. The Morgan fingerprint density at radius 1 is 1.08 bits per heavy atom. The topological polar surface area (TPSA) is 40.5 Å². The summed E-state index contributed by atoms with van der Waals surface area (Å²) >= 11 is 0. The molecular formula is C10H22O2. The van der Waals surface area contributed by atoms with Crippen molar-refractivity contribution in [1.29, 1.82) is 0 Å². The standard InChI is InChI=1S/C10H22O2/c1-8(2)6-10(12)7-9(3)4-5-11/h8-12H,4-7H2,1-3H3.